The number of aromatic nitrogens is 1. The summed E-state index contributed by atoms with van der Waals surface area (Å²) in [5.74, 6) is -0.523. The number of carboxylic acid groups (broad SMARTS) is 1. The highest BCUT2D eigenvalue weighted by molar-refractivity contribution is 7.09. The summed E-state index contributed by atoms with van der Waals surface area (Å²) in [7, 11) is 0. The van der Waals surface area contributed by atoms with Crippen molar-refractivity contribution in [2.24, 2.45) is 5.73 Å². The highest BCUT2D eigenvalue weighted by Gasteiger charge is 2.09. The number of hydrogen-bond acceptors (Lipinski definition) is 4. The van der Waals surface area contributed by atoms with Gasteiger partial charge < -0.3 is 10.8 Å². The van der Waals surface area contributed by atoms with E-state index in [1.807, 2.05) is 12.3 Å². The Kier molecular flexibility index (Phi) is 4.03. The zero-order valence-corrected chi connectivity index (χ0v) is 8.88. The Morgan fingerprint density at radius 1 is 1.79 bits per heavy atom. The molecule has 4 nitrogen and oxygen atoms in total. The third-order valence-corrected chi connectivity index (χ3v) is 3.06. The molecule has 1 aromatic heterocycles. The topological polar surface area (TPSA) is 76.2 Å². The molecule has 1 atom stereocenters. The minimum absolute atomic E-state index is 0.139. The van der Waals surface area contributed by atoms with Gasteiger partial charge in [0.15, 0.2) is 0 Å². The van der Waals surface area contributed by atoms with E-state index in [-0.39, 0.29) is 12.3 Å². The molecular formula is C9H14N2O2S. The number of thiazole rings is 1. The monoisotopic (exact) mass is 214 g/mol. The van der Waals surface area contributed by atoms with Crippen LogP contribution in [0.4, 0.5) is 0 Å². The summed E-state index contributed by atoms with van der Waals surface area (Å²) in [6.45, 7) is 2.59. The predicted molar refractivity (Wildman–Crippen MR) is 55.5 cm³/mol. The Balaban J connectivity index is 2.54. The summed E-state index contributed by atoms with van der Waals surface area (Å²) in [5, 5.41) is 11.4. The molecule has 1 aromatic rings. The van der Waals surface area contributed by atoms with Crippen molar-refractivity contribution < 1.29 is 9.90 Å². The van der Waals surface area contributed by atoms with Crippen molar-refractivity contribution in [1.82, 2.24) is 4.98 Å². The zero-order valence-electron chi connectivity index (χ0n) is 8.06. The molecule has 14 heavy (non-hydrogen) atoms. The predicted octanol–water partition coefficient (Wildman–Crippen LogP) is 1.22. The summed E-state index contributed by atoms with van der Waals surface area (Å²) in [5.41, 5.74) is 6.36. The maximum atomic E-state index is 10.3. The standard InChI is InChI=1S/C9H14N2O2S/c1-6(4-10)9-11-7(5-14-9)2-3-8(12)13/h5-6H,2-4,10H2,1H3,(H,12,13). The minimum Gasteiger partial charge on any atom is -0.481 e. The summed E-state index contributed by atoms with van der Waals surface area (Å²) >= 11 is 1.55. The molecular weight excluding hydrogens is 200 g/mol. The van der Waals surface area contributed by atoms with Gasteiger partial charge in [0.2, 0.25) is 0 Å². The maximum Gasteiger partial charge on any atom is 0.303 e. The van der Waals surface area contributed by atoms with Gasteiger partial charge in [0.1, 0.15) is 0 Å². The van der Waals surface area contributed by atoms with Crippen LogP contribution in [-0.2, 0) is 11.2 Å². The van der Waals surface area contributed by atoms with Gasteiger partial charge in [-0.1, -0.05) is 6.92 Å². The molecule has 0 aromatic carbocycles. The van der Waals surface area contributed by atoms with Crippen LogP contribution in [0.5, 0.6) is 0 Å². The lowest BCUT2D eigenvalue weighted by molar-refractivity contribution is -0.136. The van der Waals surface area contributed by atoms with Crippen molar-refractivity contribution in [3.8, 4) is 0 Å². The van der Waals surface area contributed by atoms with Crippen LogP contribution in [0.2, 0.25) is 0 Å². The lowest BCUT2D eigenvalue weighted by Gasteiger charge is -2.01. The largest absolute Gasteiger partial charge is 0.481 e. The molecule has 0 fully saturated rings. The zero-order chi connectivity index (χ0) is 10.6. The Hall–Kier alpha value is -0.940. The third kappa shape index (κ3) is 3.08. The average molecular weight is 214 g/mol. The van der Waals surface area contributed by atoms with Gasteiger partial charge in [-0.05, 0) is 0 Å². The summed E-state index contributed by atoms with van der Waals surface area (Å²) < 4.78 is 0. The molecule has 0 amide bonds. The van der Waals surface area contributed by atoms with Crippen molar-refractivity contribution in [3.05, 3.63) is 16.1 Å². The molecule has 0 radical (unpaired) electrons. The number of aliphatic carboxylic acids is 1. The minimum atomic E-state index is -0.786. The number of carboxylic acids is 1. The van der Waals surface area contributed by atoms with Crippen LogP contribution in [-0.4, -0.2) is 22.6 Å². The summed E-state index contributed by atoms with van der Waals surface area (Å²) in [4.78, 5) is 14.7. The number of hydrogen-bond donors (Lipinski definition) is 2. The fourth-order valence-corrected chi connectivity index (χ4v) is 1.93. The van der Waals surface area contributed by atoms with Crippen LogP contribution in [0.25, 0.3) is 0 Å². The smallest absolute Gasteiger partial charge is 0.303 e. The molecule has 0 saturated heterocycles. The van der Waals surface area contributed by atoms with E-state index in [4.69, 9.17) is 10.8 Å². The van der Waals surface area contributed by atoms with Crippen LogP contribution in [0.15, 0.2) is 5.38 Å². The van der Waals surface area contributed by atoms with Crippen molar-refractivity contribution in [3.63, 3.8) is 0 Å². The van der Waals surface area contributed by atoms with Crippen molar-refractivity contribution in [1.29, 1.82) is 0 Å². The fourth-order valence-electron chi connectivity index (χ4n) is 1.000. The van der Waals surface area contributed by atoms with Gasteiger partial charge in [-0.15, -0.1) is 11.3 Å². The number of carbonyl (C=O) groups is 1. The Bertz CT molecular complexity index is 312. The van der Waals surface area contributed by atoms with Gasteiger partial charge in [0.05, 0.1) is 17.1 Å². The van der Waals surface area contributed by atoms with Crippen LogP contribution in [0.3, 0.4) is 0 Å². The first-order valence-electron chi connectivity index (χ1n) is 4.49. The molecule has 1 heterocycles. The van der Waals surface area contributed by atoms with Crippen molar-refractivity contribution in [2.45, 2.75) is 25.7 Å². The lowest BCUT2D eigenvalue weighted by Crippen LogP contribution is -2.08. The maximum absolute atomic E-state index is 10.3. The SMILES string of the molecule is CC(CN)c1nc(CCC(=O)O)cs1. The quantitative estimate of drug-likeness (QED) is 0.772. The molecule has 5 heteroatoms. The number of aryl methyl sites for hydroxylation is 1. The van der Waals surface area contributed by atoms with Crippen LogP contribution in [0, 0.1) is 0 Å². The fraction of sp³-hybridized carbons (Fsp3) is 0.556. The molecule has 1 rings (SSSR count). The van der Waals surface area contributed by atoms with Gasteiger partial charge in [-0.25, -0.2) is 4.98 Å². The second-order valence-corrected chi connectivity index (χ2v) is 4.10. The van der Waals surface area contributed by atoms with Gasteiger partial charge in [0.25, 0.3) is 0 Å². The lowest BCUT2D eigenvalue weighted by atomic mass is 10.2. The molecule has 0 bridgehead atoms. The van der Waals surface area contributed by atoms with Gasteiger partial charge >= 0.3 is 5.97 Å². The van der Waals surface area contributed by atoms with Crippen molar-refractivity contribution in [2.75, 3.05) is 6.54 Å². The summed E-state index contributed by atoms with van der Waals surface area (Å²) in [6, 6.07) is 0. The normalized spacial score (nSPS) is 12.7. The van der Waals surface area contributed by atoms with E-state index >= 15 is 0 Å². The van der Waals surface area contributed by atoms with E-state index < -0.39 is 5.97 Å². The number of nitrogens with two attached hydrogens (primary N) is 1. The first-order chi connectivity index (χ1) is 6.63. The molecule has 3 N–H and O–H groups in total. The van der Waals surface area contributed by atoms with E-state index in [2.05, 4.69) is 4.98 Å². The second-order valence-electron chi connectivity index (χ2n) is 3.21. The van der Waals surface area contributed by atoms with E-state index in [1.165, 1.54) is 0 Å². The first kappa shape index (κ1) is 11.1. The second kappa shape index (κ2) is 5.07. The molecule has 0 aliphatic heterocycles. The number of rotatable bonds is 5. The molecule has 1 unspecified atom stereocenters. The third-order valence-electron chi connectivity index (χ3n) is 1.94. The van der Waals surface area contributed by atoms with Crippen LogP contribution >= 0.6 is 11.3 Å². The Morgan fingerprint density at radius 2 is 2.50 bits per heavy atom. The Morgan fingerprint density at radius 3 is 3.07 bits per heavy atom. The van der Waals surface area contributed by atoms with Gasteiger partial charge in [-0.2, -0.15) is 0 Å². The van der Waals surface area contributed by atoms with Crippen molar-refractivity contribution >= 4 is 17.3 Å². The highest BCUT2D eigenvalue weighted by atomic mass is 32.1. The average Bonchev–Trinajstić information content (AvgIpc) is 2.62. The highest BCUT2D eigenvalue weighted by Crippen LogP contribution is 2.19. The molecule has 0 aliphatic carbocycles. The van der Waals surface area contributed by atoms with Crippen LogP contribution in [0.1, 0.15) is 30.0 Å². The van der Waals surface area contributed by atoms with E-state index in [0.29, 0.717) is 13.0 Å². The molecule has 78 valence electrons. The van der Waals surface area contributed by atoms with E-state index in [9.17, 15) is 4.79 Å². The Labute approximate surface area is 86.8 Å². The molecule has 0 aliphatic rings. The van der Waals surface area contributed by atoms with E-state index in [0.717, 1.165) is 10.7 Å². The first-order valence-corrected chi connectivity index (χ1v) is 5.37. The molecule has 0 saturated carbocycles. The number of nitrogens with zero attached hydrogens (tertiary/aromatic N) is 1. The van der Waals surface area contributed by atoms with Crippen LogP contribution < -0.4 is 5.73 Å². The van der Waals surface area contributed by atoms with E-state index in [1.54, 1.807) is 11.3 Å². The van der Waals surface area contributed by atoms with Gasteiger partial charge in [-0.3, -0.25) is 4.79 Å². The summed E-state index contributed by atoms with van der Waals surface area (Å²) in [6.07, 6.45) is 0.642. The van der Waals surface area contributed by atoms with Gasteiger partial charge in [0, 0.05) is 24.3 Å². The molecule has 0 spiro atoms.